The molecule has 0 bridgehead atoms. The largest absolute Gasteiger partial charge is 0.490 e. The van der Waals surface area contributed by atoms with Crippen molar-refractivity contribution in [1.82, 2.24) is 0 Å². The number of halogens is 1. The molecule has 0 spiro atoms. The third kappa shape index (κ3) is 3.44. The van der Waals surface area contributed by atoms with Gasteiger partial charge in [-0.25, -0.2) is 4.39 Å². The lowest BCUT2D eigenvalue weighted by atomic mass is 10.2. The molecule has 1 aromatic carbocycles. The maximum absolute atomic E-state index is 13.6. The fourth-order valence-corrected chi connectivity index (χ4v) is 1.44. The summed E-state index contributed by atoms with van der Waals surface area (Å²) in [6, 6.07) is 2.15. The number of nitro benzene ring substituents is 1. The number of allylic oxidation sites excluding steroid dienone is 1. The van der Waals surface area contributed by atoms with E-state index in [2.05, 4.69) is 5.32 Å². The van der Waals surface area contributed by atoms with E-state index in [9.17, 15) is 14.5 Å². The number of ether oxygens (including phenoxy) is 1. The van der Waals surface area contributed by atoms with E-state index in [0.29, 0.717) is 6.54 Å². The van der Waals surface area contributed by atoms with Crippen molar-refractivity contribution in [3.05, 3.63) is 40.2 Å². The molecule has 0 saturated heterocycles. The fourth-order valence-electron chi connectivity index (χ4n) is 1.44. The molecule has 0 fully saturated rings. The van der Waals surface area contributed by atoms with Crippen molar-refractivity contribution >= 4 is 11.4 Å². The maximum atomic E-state index is 13.6. The molecule has 5 nitrogen and oxygen atoms in total. The molecular weight excluding hydrogens is 239 g/mol. The second kappa shape index (κ2) is 6.58. The predicted octanol–water partition coefficient (Wildman–Crippen LogP) is 3.12. The van der Waals surface area contributed by atoms with Gasteiger partial charge in [0.2, 0.25) is 0 Å². The van der Waals surface area contributed by atoms with Crippen LogP contribution in [0.15, 0.2) is 24.3 Å². The number of benzene rings is 1. The van der Waals surface area contributed by atoms with Crippen LogP contribution in [-0.2, 0) is 0 Å². The predicted molar refractivity (Wildman–Crippen MR) is 67.5 cm³/mol. The van der Waals surface area contributed by atoms with Crippen molar-refractivity contribution in [2.45, 2.75) is 13.3 Å². The molecule has 0 unspecified atom stereocenters. The zero-order valence-electron chi connectivity index (χ0n) is 10.3. The van der Waals surface area contributed by atoms with Crippen LogP contribution in [-0.4, -0.2) is 18.6 Å². The summed E-state index contributed by atoms with van der Waals surface area (Å²) in [5.41, 5.74) is -0.184. The Morgan fingerprint density at radius 3 is 2.83 bits per heavy atom. The Bertz CT molecular complexity index is 461. The number of nitrogens with zero attached hydrogens (tertiary/aromatic N) is 1. The van der Waals surface area contributed by atoms with Gasteiger partial charge in [-0.2, -0.15) is 0 Å². The van der Waals surface area contributed by atoms with Crippen LogP contribution in [0.3, 0.4) is 0 Å². The van der Waals surface area contributed by atoms with Crippen LogP contribution in [0.1, 0.15) is 13.3 Å². The van der Waals surface area contributed by atoms with Gasteiger partial charge < -0.3 is 10.1 Å². The Labute approximate surface area is 104 Å². The Morgan fingerprint density at radius 2 is 2.28 bits per heavy atom. The van der Waals surface area contributed by atoms with Gasteiger partial charge in [0.15, 0.2) is 11.6 Å². The van der Waals surface area contributed by atoms with E-state index in [-0.39, 0.29) is 17.1 Å². The van der Waals surface area contributed by atoms with Gasteiger partial charge in [0, 0.05) is 12.6 Å². The number of rotatable bonds is 6. The second-order valence-electron chi connectivity index (χ2n) is 3.55. The molecule has 0 saturated carbocycles. The highest BCUT2D eigenvalue weighted by Crippen LogP contribution is 2.32. The van der Waals surface area contributed by atoms with Crippen molar-refractivity contribution in [1.29, 1.82) is 0 Å². The molecule has 0 aromatic heterocycles. The van der Waals surface area contributed by atoms with E-state index in [1.54, 1.807) is 0 Å². The van der Waals surface area contributed by atoms with Gasteiger partial charge in [0.25, 0.3) is 0 Å². The van der Waals surface area contributed by atoms with Crippen LogP contribution in [0.4, 0.5) is 15.8 Å². The number of nitrogens with one attached hydrogen (secondary N) is 1. The van der Waals surface area contributed by atoms with Crippen molar-refractivity contribution < 1.29 is 14.1 Å². The topological polar surface area (TPSA) is 64.4 Å². The third-order valence-electron chi connectivity index (χ3n) is 2.33. The summed E-state index contributed by atoms with van der Waals surface area (Å²) in [4.78, 5) is 10.00. The van der Waals surface area contributed by atoms with Crippen LogP contribution >= 0.6 is 0 Å². The number of nitro groups is 1. The Morgan fingerprint density at radius 1 is 1.56 bits per heavy atom. The van der Waals surface area contributed by atoms with Gasteiger partial charge >= 0.3 is 5.69 Å². The minimum atomic E-state index is -0.675. The lowest BCUT2D eigenvalue weighted by Crippen LogP contribution is -2.04. The maximum Gasteiger partial charge on any atom is 0.313 e. The third-order valence-corrected chi connectivity index (χ3v) is 2.33. The van der Waals surface area contributed by atoms with Crippen molar-refractivity contribution in [3.8, 4) is 5.75 Å². The first-order valence-electron chi connectivity index (χ1n) is 5.47. The van der Waals surface area contributed by atoms with E-state index < -0.39 is 10.7 Å². The molecule has 98 valence electrons. The molecule has 0 atom stereocenters. The van der Waals surface area contributed by atoms with Crippen LogP contribution < -0.4 is 10.1 Å². The quantitative estimate of drug-likeness (QED) is 0.366. The number of hydrogen-bond donors (Lipinski definition) is 1. The Balaban J connectivity index is 2.89. The van der Waals surface area contributed by atoms with Crippen LogP contribution in [0.5, 0.6) is 5.75 Å². The molecule has 0 aliphatic carbocycles. The minimum Gasteiger partial charge on any atom is -0.490 e. The SMILES string of the molecule is C/C=C/CCNc1cc(OC)c([N+](=O)[O-])cc1F. The van der Waals surface area contributed by atoms with Crippen molar-refractivity contribution in [2.24, 2.45) is 0 Å². The summed E-state index contributed by atoms with van der Waals surface area (Å²) < 4.78 is 18.5. The molecule has 0 heterocycles. The summed E-state index contributed by atoms with van der Waals surface area (Å²) >= 11 is 0. The Hall–Kier alpha value is -2.11. The smallest absolute Gasteiger partial charge is 0.313 e. The molecule has 0 aliphatic rings. The lowest BCUT2D eigenvalue weighted by molar-refractivity contribution is -0.385. The average molecular weight is 254 g/mol. The Kier molecular flexibility index (Phi) is 5.10. The summed E-state index contributed by atoms with van der Waals surface area (Å²) in [5.74, 6) is -0.627. The monoisotopic (exact) mass is 254 g/mol. The van der Waals surface area contributed by atoms with Gasteiger partial charge in [-0.15, -0.1) is 0 Å². The highest BCUT2D eigenvalue weighted by atomic mass is 19.1. The molecule has 1 aromatic rings. The number of hydrogen-bond acceptors (Lipinski definition) is 4. The molecular formula is C12H15FN2O3. The van der Waals surface area contributed by atoms with E-state index in [0.717, 1.165) is 12.5 Å². The van der Waals surface area contributed by atoms with Crippen molar-refractivity contribution in [3.63, 3.8) is 0 Å². The van der Waals surface area contributed by atoms with Crippen LogP contribution in [0.2, 0.25) is 0 Å². The highest BCUT2D eigenvalue weighted by Gasteiger charge is 2.18. The van der Waals surface area contributed by atoms with E-state index in [1.165, 1.54) is 13.2 Å². The summed E-state index contributed by atoms with van der Waals surface area (Å²) in [5, 5.41) is 13.5. The second-order valence-corrected chi connectivity index (χ2v) is 3.55. The summed E-state index contributed by atoms with van der Waals surface area (Å²) in [7, 11) is 1.31. The zero-order valence-corrected chi connectivity index (χ0v) is 10.3. The van der Waals surface area contributed by atoms with Gasteiger partial charge in [-0.05, 0) is 13.3 Å². The van der Waals surface area contributed by atoms with Crippen molar-refractivity contribution in [2.75, 3.05) is 19.0 Å². The standard InChI is InChI=1S/C12H15FN2O3/c1-3-4-5-6-14-10-8-12(18-2)11(15(16)17)7-9(10)13/h3-4,7-8,14H,5-6H2,1-2H3/b4-3+. The first kappa shape index (κ1) is 14.0. The van der Waals surface area contributed by atoms with E-state index in [1.807, 2.05) is 19.1 Å². The highest BCUT2D eigenvalue weighted by molar-refractivity contribution is 5.59. The molecule has 0 aliphatic heterocycles. The molecule has 1 rings (SSSR count). The van der Waals surface area contributed by atoms with E-state index >= 15 is 0 Å². The minimum absolute atomic E-state index is 0.0370. The van der Waals surface area contributed by atoms with Gasteiger partial charge in [-0.1, -0.05) is 12.2 Å². The zero-order chi connectivity index (χ0) is 13.5. The molecule has 0 radical (unpaired) electrons. The van der Waals surface area contributed by atoms with Gasteiger partial charge in [-0.3, -0.25) is 10.1 Å². The number of methoxy groups -OCH3 is 1. The lowest BCUT2D eigenvalue weighted by Gasteiger charge is -2.08. The molecule has 6 heteroatoms. The fraction of sp³-hybridized carbons (Fsp3) is 0.333. The average Bonchev–Trinajstić information content (AvgIpc) is 2.35. The van der Waals surface area contributed by atoms with Crippen LogP contribution in [0.25, 0.3) is 0 Å². The van der Waals surface area contributed by atoms with Gasteiger partial charge in [0.05, 0.1) is 23.8 Å². The van der Waals surface area contributed by atoms with Crippen LogP contribution in [0, 0.1) is 15.9 Å². The summed E-state index contributed by atoms with van der Waals surface area (Å²) in [6.45, 7) is 2.44. The number of anilines is 1. The molecule has 18 heavy (non-hydrogen) atoms. The van der Waals surface area contributed by atoms with E-state index in [4.69, 9.17) is 4.74 Å². The van der Waals surface area contributed by atoms with Gasteiger partial charge in [0.1, 0.15) is 0 Å². The summed E-state index contributed by atoms with van der Waals surface area (Å²) in [6.07, 6.45) is 4.58. The normalized spacial score (nSPS) is 10.6. The molecule has 1 N–H and O–H groups in total. The molecule has 0 amide bonds. The first-order valence-corrected chi connectivity index (χ1v) is 5.47. The first-order chi connectivity index (χ1) is 8.60.